The number of hydrogen-bond acceptors (Lipinski definition) is 2. The van der Waals surface area contributed by atoms with E-state index >= 15 is 0 Å². The number of unbranched alkanes of at least 4 members (excludes halogenated alkanes) is 7. The van der Waals surface area contributed by atoms with Crippen molar-refractivity contribution in [2.45, 2.75) is 186 Å². The van der Waals surface area contributed by atoms with Crippen molar-refractivity contribution in [3.05, 3.63) is 0 Å². The van der Waals surface area contributed by atoms with Crippen molar-refractivity contribution >= 4 is 42.7 Å². The first kappa shape index (κ1) is 37.1. The van der Waals surface area contributed by atoms with Crippen LogP contribution in [-0.2, 0) is 9.53 Å². The Bertz CT molecular complexity index is 578. The van der Waals surface area contributed by atoms with E-state index < -0.39 is 36.8 Å². The SMILES string of the molecule is CCCC[C@@]1([Sn]([CH2]CCC)([CH2]CCC)[CH2]CCC)[C@@H](C(=O)OCC)[C@@H]1[Sn]([CH2]CCC)([CH2]CCC)[CH2]CCC. The van der Waals surface area contributed by atoms with Crippen molar-refractivity contribution in [1.29, 1.82) is 0 Å². The van der Waals surface area contributed by atoms with Gasteiger partial charge in [0.2, 0.25) is 0 Å². The Morgan fingerprint density at radius 3 is 1.29 bits per heavy atom. The molecule has 4 heteroatoms. The fourth-order valence-electron chi connectivity index (χ4n) is 8.67. The van der Waals surface area contributed by atoms with Gasteiger partial charge in [0, 0.05) is 0 Å². The van der Waals surface area contributed by atoms with E-state index in [1.807, 2.05) is 6.92 Å². The Morgan fingerprint density at radius 2 is 0.947 bits per heavy atom. The van der Waals surface area contributed by atoms with Gasteiger partial charge in [0.25, 0.3) is 0 Å². The molecule has 0 saturated heterocycles. The van der Waals surface area contributed by atoms with Crippen LogP contribution in [0, 0.1) is 5.92 Å². The molecule has 1 saturated carbocycles. The molecule has 1 aliphatic rings. The first-order valence-electron chi connectivity index (χ1n) is 17.6. The summed E-state index contributed by atoms with van der Waals surface area (Å²) in [5, 5.41) is 0. The second kappa shape index (κ2) is 20.1. The second-order valence-electron chi connectivity index (χ2n) is 13.1. The van der Waals surface area contributed by atoms with Crippen molar-refractivity contribution in [1.82, 2.24) is 0 Å². The van der Waals surface area contributed by atoms with Gasteiger partial charge in [-0.15, -0.1) is 0 Å². The molecule has 0 unspecified atom stereocenters. The minimum atomic E-state index is -2.75. The Morgan fingerprint density at radius 1 is 0.579 bits per heavy atom. The molecule has 0 N–H and O–H groups in total. The summed E-state index contributed by atoms with van der Waals surface area (Å²) in [7, 11) is 0. The zero-order valence-corrected chi connectivity index (χ0v) is 33.2. The van der Waals surface area contributed by atoms with Crippen LogP contribution in [0.25, 0.3) is 0 Å². The van der Waals surface area contributed by atoms with Crippen LogP contribution in [0.15, 0.2) is 0 Å². The van der Waals surface area contributed by atoms with E-state index in [2.05, 4.69) is 48.5 Å². The summed E-state index contributed by atoms with van der Waals surface area (Å²) in [4.78, 5) is 14.2. The van der Waals surface area contributed by atoms with Crippen LogP contribution < -0.4 is 0 Å². The summed E-state index contributed by atoms with van der Waals surface area (Å²) < 4.78 is 16.6. The summed E-state index contributed by atoms with van der Waals surface area (Å²) in [6.45, 7) is 19.5. The van der Waals surface area contributed by atoms with Crippen LogP contribution in [0.2, 0.25) is 34.0 Å². The normalized spacial score (nSPS) is 21.6. The van der Waals surface area contributed by atoms with Gasteiger partial charge in [0.1, 0.15) is 0 Å². The summed E-state index contributed by atoms with van der Waals surface area (Å²) >= 11 is -5.41. The first-order chi connectivity index (χ1) is 18.4. The molecular weight excluding hydrogens is 678 g/mol. The van der Waals surface area contributed by atoms with Gasteiger partial charge in [-0.2, -0.15) is 0 Å². The zero-order valence-electron chi connectivity index (χ0n) is 27.5. The standard InChI is InChI=1S/C10H16O2.6C4H9.2Sn/c1-3-5-6-8-7-9(8)10(11)12-4-2;6*1-3-4-2;;/h7,9H,3-6H2,1-2H3;6*1,3-4H2,2H3;;/t9-;;;;;;;;/m0......../s1. The molecule has 1 fully saturated rings. The van der Waals surface area contributed by atoms with Gasteiger partial charge >= 0.3 is 250 Å². The quantitative estimate of drug-likeness (QED) is 0.0687. The summed E-state index contributed by atoms with van der Waals surface area (Å²) in [6, 6.07) is 0. The number of hydrogen-bond donors (Lipinski definition) is 0. The average Bonchev–Trinajstić information content (AvgIpc) is 3.63. The number of rotatable bonds is 25. The molecule has 0 radical (unpaired) electrons. The molecule has 0 amide bonds. The molecular formula is C34H70O2Sn2. The van der Waals surface area contributed by atoms with Gasteiger partial charge in [-0.3, -0.25) is 0 Å². The Hall–Kier alpha value is 1.07. The third-order valence-electron chi connectivity index (χ3n) is 10.6. The third kappa shape index (κ3) is 9.28. The van der Waals surface area contributed by atoms with Crippen molar-refractivity contribution in [2.24, 2.45) is 5.92 Å². The topological polar surface area (TPSA) is 26.3 Å². The second-order valence-corrected chi connectivity index (χ2v) is 41.2. The predicted molar refractivity (Wildman–Crippen MR) is 176 cm³/mol. The molecule has 38 heavy (non-hydrogen) atoms. The van der Waals surface area contributed by atoms with Crippen molar-refractivity contribution in [3.63, 3.8) is 0 Å². The molecule has 0 heterocycles. The predicted octanol–water partition coefficient (Wildman–Crippen LogP) is 12.2. The Kier molecular flexibility index (Phi) is 19.6. The van der Waals surface area contributed by atoms with Crippen molar-refractivity contribution in [3.8, 4) is 0 Å². The van der Waals surface area contributed by atoms with Crippen LogP contribution in [0.4, 0.5) is 0 Å². The number of esters is 1. The van der Waals surface area contributed by atoms with Gasteiger partial charge in [-0.25, -0.2) is 0 Å². The van der Waals surface area contributed by atoms with Gasteiger partial charge < -0.3 is 0 Å². The number of ether oxygens (including phenoxy) is 1. The van der Waals surface area contributed by atoms with Crippen molar-refractivity contribution < 1.29 is 9.53 Å². The van der Waals surface area contributed by atoms with E-state index in [0.717, 1.165) is 3.93 Å². The molecule has 0 aromatic rings. The number of carbonyl (C=O) groups is 1. The molecule has 0 aromatic carbocycles. The molecule has 1 rings (SSSR count). The fraction of sp³-hybridized carbons (Fsp3) is 0.971. The molecule has 0 aliphatic heterocycles. The van der Waals surface area contributed by atoms with Crippen LogP contribution in [0.3, 0.4) is 0 Å². The monoisotopic (exact) mass is 750 g/mol. The molecule has 0 aromatic heterocycles. The van der Waals surface area contributed by atoms with E-state index in [4.69, 9.17) is 4.74 Å². The van der Waals surface area contributed by atoms with Gasteiger partial charge in [-0.1, -0.05) is 0 Å². The average molecular weight is 748 g/mol. The summed E-state index contributed by atoms with van der Waals surface area (Å²) in [5.74, 6) is 0.571. The van der Waals surface area contributed by atoms with Crippen LogP contribution >= 0.6 is 0 Å². The van der Waals surface area contributed by atoms with E-state index in [1.165, 1.54) is 96.3 Å². The van der Waals surface area contributed by atoms with Gasteiger partial charge in [-0.05, 0) is 0 Å². The Balaban J connectivity index is 3.93. The van der Waals surface area contributed by atoms with E-state index in [-0.39, 0.29) is 5.97 Å². The maximum atomic E-state index is 14.2. The zero-order chi connectivity index (χ0) is 28.5. The Labute approximate surface area is 248 Å². The third-order valence-corrected chi connectivity index (χ3v) is 50.0. The van der Waals surface area contributed by atoms with Crippen molar-refractivity contribution in [2.75, 3.05) is 6.61 Å². The summed E-state index contributed by atoms with van der Waals surface area (Å²) in [6.07, 6.45) is 20.5. The molecule has 226 valence electrons. The molecule has 3 atom stereocenters. The van der Waals surface area contributed by atoms with E-state index in [0.29, 0.717) is 16.0 Å². The summed E-state index contributed by atoms with van der Waals surface area (Å²) in [5.41, 5.74) is 0. The molecule has 0 spiro atoms. The van der Waals surface area contributed by atoms with E-state index in [9.17, 15) is 4.79 Å². The fourth-order valence-corrected chi connectivity index (χ4v) is 64.4. The minimum absolute atomic E-state index is 0.268. The van der Waals surface area contributed by atoms with Crippen LogP contribution in [0.5, 0.6) is 0 Å². The first-order valence-corrected chi connectivity index (χ1v) is 32.8. The number of carbonyl (C=O) groups excluding carboxylic acids is 1. The molecule has 2 nitrogen and oxygen atoms in total. The van der Waals surface area contributed by atoms with Gasteiger partial charge in [0.05, 0.1) is 0 Å². The molecule has 0 bridgehead atoms. The van der Waals surface area contributed by atoms with E-state index in [1.54, 1.807) is 26.6 Å². The van der Waals surface area contributed by atoms with Crippen LogP contribution in [-0.4, -0.2) is 49.3 Å². The molecule has 1 aliphatic carbocycles. The van der Waals surface area contributed by atoms with Crippen LogP contribution in [0.1, 0.15) is 152 Å². The maximum absolute atomic E-state index is 14.2. The van der Waals surface area contributed by atoms with Gasteiger partial charge in [0.15, 0.2) is 0 Å².